The minimum atomic E-state index is -0.593. The van der Waals surface area contributed by atoms with Gasteiger partial charge in [-0.1, -0.05) is 6.07 Å². The molecule has 1 amide bonds. The first kappa shape index (κ1) is 19.8. The summed E-state index contributed by atoms with van der Waals surface area (Å²) in [7, 11) is 1.87. The quantitative estimate of drug-likeness (QED) is 0.673. The highest BCUT2D eigenvalue weighted by Gasteiger charge is 2.28. The van der Waals surface area contributed by atoms with Gasteiger partial charge in [0.15, 0.2) is 0 Å². The molecular formula is C21H22F2N6O. The zero-order chi connectivity index (χ0) is 21.4. The summed E-state index contributed by atoms with van der Waals surface area (Å²) < 4.78 is 29.2. The van der Waals surface area contributed by atoms with Gasteiger partial charge in [0.25, 0.3) is 0 Å². The zero-order valence-electron chi connectivity index (χ0n) is 16.9. The fourth-order valence-corrected chi connectivity index (χ4v) is 3.41. The lowest BCUT2D eigenvalue weighted by Gasteiger charge is -2.34. The predicted molar refractivity (Wildman–Crippen MR) is 110 cm³/mol. The normalized spacial score (nSPS) is 15.7. The van der Waals surface area contributed by atoms with Gasteiger partial charge in [-0.15, -0.1) is 0 Å². The van der Waals surface area contributed by atoms with Gasteiger partial charge in [0.2, 0.25) is 5.91 Å². The molecule has 2 aromatic heterocycles. The fraction of sp³-hybridized carbons (Fsp3) is 0.286. The fourth-order valence-electron chi connectivity index (χ4n) is 3.41. The molecule has 1 aliphatic heterocycles. The number of pyridine rings is 1. The molecule has 7 nitrogen and oxygen atoms in total. The molecule has 0 saturated heterocycles. The lowest BCUT2D eigenvalue weighted by Crippen LogP contribution is -2.44. The van der Waals surface area contributed by atoms with Gasteiger partial charge in [-0.25, -0.2) is 13.8 Å². The largest absolute Gasteiger partial charge is 0.366 e. The van der Waals surface area contributed by atoms with Crippen LogP contribution in [0.3, 0.4) is 0 Å². The first-order valence-corrected chi connectivity index (χ1v) is 9.57. The number of carbonyl (C=O) groups is 1. The van der Waals surface area contributed by atoms with E-state index >= 15 is 0 Å². The topological polar surface area (TPSA) is 75.1 Å². The maximum atomic E-state index is 13.8. The van der Waals surface area contributed by atoms with E-state index in [0.29, 0.717) is 23.7 Å². The average Bonchev–Trinajstić information content (AvgIpc) is 3.16. The molecule has 0 bridgehead atoms. The van der Waals surface area contributed by atoms with Gasteiger partial charge in [0.1, 0.15) is 23.5 Å². The van der Waals surface area contributed by atoms with Gasteiger partial charge in [-0.3, -0.25) is 9.48 Å². The van der Waals surface area contributed by atoms with Crippen molar-refractivity contribution >= 4 is 23.1 Å². The van der Waals surface area contributed by atoms with Crippen molar-refractivity contribution < 1.29 is 13.6 Å². The Bertz CT molecular complexity index is 1090. The Morgan fingerprint density at radius 3 is 2.73 bits per heavy atom. The second-order valence-electron chi connectivity index (χ2n) is 7.36. The van der Waals surface area contributed by atoms with Gasteiger partial charge >= 0.3 is 0 Å². The summed E-state index contributed by atoms with van der Waals surface area (Å²) in [6.45, 7) is 4.14. The molecule has 4 rings (SSSR count). The molecule has 0 fully saturated rings. The molecule has 2 N–H and O–H groups in total. The Kier molecular flexibility index (Phi) is 5.11. The Balaban J connectivity index is 1.47. The van der Waals surface area contributed by atoms with E-state index in [2.05, 4.69) is 20.7 Å². The van der Waals surface area contributed by atoms with Crippen molar-refractivity contribution in [3.8, 4) is 0 Å². The van der Waals surface area contributed by atoms with Gasteiger partial charge < -0.3 is 15.5 Å². The van der Waals surface area contributed by atoms with Crippen LogP contribution < -0.4 is 15.5 Å². The first-order valence-electron chi connectivity index (χ1n) is 9.57. The number of benzene rings is 1. The maximum absolute atomic E-state index is 13.8. The molecule has 1 aliphatic rings. The molecular weight excluding hydrogens is 390 g/mol. The molecule has 1 aromatic carbocycles. The van der Waals surface area contributed by atoms with Crippen LogP contribution in [0.5, 0.6) is 0 Å². The highest BCUT2D eigenvalue weighted by atomic mass is 19.1. The lowest BCUT2D eigenvalue weighted by molar-refractivity contribution is -0.117. The standard InChI is InChI=1S/C21H22F2N6O/c1-12-20-18(28(3)13(2)21(30)27-20)7-19(26-12)24-8-14-9-25-29(10-14)11-15-16(22)5-4-6-17(15)23/h4-7,9-10,13H,8,11H2,1-3H3,(H,24,26)(H,27,30)/t13-/m0/s1. The van der Waals surface area contributed by atoms with E-state index in [4.69, 9.17) is 0 Å². The van der Waals surface area contributed by atoms with E-state index < -0.39 is 11.6 Å². The summed E-state index contributed by atoms with van der Waals surface area (Å²) in [6.07, 6.45) is 3.38. The molecule has 3 aromatic rings. The molecule has 3 heterocycles. The SMILES string of the molecule is Cc1nc(NCc2cnn(Cc3c(F)cccc3F)c2)cc2c1NC(=O)[C@H](C)N2C. The Hall–Kier alpha value is -3.49. The van der Waals surface area contributed by atoms with Crippen molar-refractivity contribution in [3.05, 3.63) is 65.1 Å². The number of fused-ring (bicyclic) bond motifs is 1. The van der Waals surface area contributed by atoms with Crippen LogP contribution in [-0.4, -0.2) is 33.8 Å². The van der Waals surface area contributed by atoms with Crippen molar-refractivity contribution in [2.45, 2.75) is 33.0 Å². The van der Waals surface area contributed by atoms with Crippen LogP contribution in [0.15, 0.2) is 36.7 Å². The number of carbonyl (C=O) groups excluding carboxylic acids is 1. The van der Waals surface area contributed by atoms with Crippen LogP contribution in [0, 0.1) is 18.6 Å². The number of hydrogen-bond acceptors (Lipinski definition) is 5. The van der Waals surface area contributed by atoms with Crippen LogP contribution in [0.1, 0.15) is 23.7 Å². The van der Waals surface area contributed by atoms with Gasteiger partial charge in [-0.2, -0.15) is 5.10 Å². The predicted octanol–water partition coefficient (Wildman–Crippen LogP) is 3.30. The molecule has 30 heavy (non-hydrogen) atoms. The molecule has 156 valence electrons. The van der Waals surface area contributed by atoms with Gasteiger partial charge in [-0.05, 0) is 26.0 Å². The number of halogens is 2. The van der Waals surface area contributed by atoms with Crippen molar-refractivity contribution in [1.29, 1.82) is 0 Å². The van der Waals surface area contributed by atoms with Crippen LogP contribution in [-0.2, 0) is 17.9 Å². The molecule has 0 radical (unpaired) electrons. The average molecular weight is 412 g/mol. The van der Waals surface area contributed by atoms with Gasteiger partial charge in [0.05, 0.1) is 29.8 Å². The number of nitrogens with one attached hydrogen (secondary N) is 2. The number of likely N-dealkylation sites (N-methyl/N-ethyl adjacent to an activating group) is 1. The molecule has 1 atom stereocenters. The third-order valence-corrected chi connectivity index (χ3v) is 5.31. The zero-order valence-corrected chi connectivity index (χ0v) is 16.9. The Morgan fingerprint density at radius 1 is 1.27 bits per heavy atom. The Morgan fingerprint density at radius 2 is 2.00 bits per heavy atom. The molecule has 0 saturated carbocycles. The monoisotopic (exact) mass is 412 g/mol. The van der Waals surface area contributed by atoms with Crippen molar-refractivity contribution in [1.82, 2.24) is 14.8 Å². The van der Waals surface area contributed by atoms with E-state index in [1.165, 1.54) is 22.9 Å². The van der Waals surface area contributed by atoms with Crippen LogP contribution in [0.4, 0.5) is 26.0 Å². The van der Waals surface area contributed by atoms with Crippen LogP contribution in [0.2, 0.25) is 0 Å². The third-order valence-electron chi connectivity index (χ3n) is 5.31. The Labute approximate surface area is 172 Å². The summed E-state index contributed by atoms with van der Waals surface area (Å²) in [5.74, 6) is -0.586. The van der Waals surface area contributed by atoms with Crippen molar-refractivity contribution in [2.24, 2.45) is 0 Å². The van der Waals surface area contributed by atoms with E-state index in [-0.39, 0.29) is 24.1 Å². The minimum absolute atomic E-state index is 0.0110. The number of aromatic nitrogens is 3. The summed E-state index contributed by atoms with van der Waals surface area (Å²) in [6, 6.07) is 5.41. The number of nitrogens with zero attached hydrogens (tertiary/aromatic N) is 4. The van der Waals surface area contributed by atoms with E-state index in [9.17, 15) is 13.6 Å². The van der Waals surface area contributed by atoms with E-state index in [1.807, 2.05) is 31.9 Å². The first-order chi connectivity index (χ1) is 14.3. The van der Waals surface area contributed by atoms with Gasteiger partial charge in [0, 0.05) is 37.0 Å². The summed E-state index contributed by atoms with van der Waals surface area (Å²) in [4.78, 5) is 18.5. The number of rotatable bonds is 5. The summed E-state index contributed by atoms with van der Waals surface area (Å²) in [5, 5.41) is 10.3. The summed E-state index contributed by atoms with van der Waals surface area (Å²) >= 11 is 0. The number of aryl methyl sites for hydroxylation is 1. The second-order valence-corrected chi connectivity index (χ2v) is 7.36. The van der Waals surface area contributed by atoms with Crippen molar-refractivity contribution in [2.75, 3.05) is 22.6 Å². The van der Waals surface area contributed by atoms with E-state index in [0.717, 1.165) is 11.3 Å². The molecule has 0 spiro atoms. The minimum Gasteiger partial charge on any atom is -0.366 e. The third kappa shape index (κ3) is 3.70. The number of hydrogen-bond donors (Lipinski definition) is 2. The summed E-state index contributed by atoms with van der Waals surface area (Å²) in [5.41, 5.74) is 3.15. The highest BCUT2D eigenvalue weighted by molar-refractivity contribution is 6.04. The highest BCUT2D eigenvalue weighted by Crippen LogP contribution is 2.34. The molecule has 0 aliphatic carbocycles. The number of amides is 1. The van der Waals surface area contributed by atoms with E-state index in [1.54, 1.807) is 12.4 Å². The molecule has 0 unspecified atom stereocenters. The lowest BCUT2D eigenvalue weighted by atomic mass is 10.1. The van der Waals surface area contributed by atoms with Crippen LogP contribution in [0.25, 0.3) is 0 Å². The maximum Gasteiger partial charge on any atom is 0.246 e. The smallest absolute Gasteiger partial charge is 0.246 e. The second kappa shape index (κ2) is 7.74. The molecule has 9 heteroatoms. The number of anilines is 3. The van der Waals surface area contributed by atoms with Crippen molar-refractivity contribution in [3.63, 3.8) is 0 Å². The van der Waals surface area contributed by atoms with Crippen LogP contribution >= 0.6 is 0 Å².